The molecule has 4 rings (SSSR count). The fourth-order valence-electron chi connectivity index (χ4n) is 3.18. The van der Waals surface area contributed by atoms with Gasteiger partial charge in [0.1, 0.15) is 20.1 Å². The molecule has 2 aliphatic heterocycles. The van der Waals surface area contributed by atoms with Crippen LogP contribution in [0.1, 0.15) is 11.1 Å². The molecule has 0 atom stereocenters. The summed E-state index contributed by atoms with van der Waals surface area (Å²) in [4.78, 5) is 50.2. The average Bonchev–Trinajstić information content (AvgIpc) is 3.08. The Morgan fingerprint density at radius 3 is 1.00 bits per heavy atom. The van der Waals surface area contributed by atoms with Crippen LogP contribution in [0, 0.1) is 0 Å². The molecule has 0 N–H and O–H groups in total. The van der Waals surface area contributed by atoms with Crippen LogP contribution in [0.25, 0.3) is 0 Å². The topological polar surface area (TPSA) is 74.8 Å². The quantitative estimate of drug-likeness (QED) is 0.589. The molecule has 156 valence electrons. The number of carbonyl (C=O) groups excluding carboxylic acids is 4. The number of hydrogen-bond acceptors (Lipinski definition) is 4. The number of rotatable bonds is 4. The second-order valence-corrected chi connectivity index (χ2v) is 8.17. The van der Waals surface area contributed by atoms with E-state index in [9.17, 15) is 19.2 Å². The van der Waals surface area contributed by atoms with Crippen molar-refractivity contribution in [2.75, 3.05) is 9.80 Å². The highest BCUT2D eigenvalue weighted by Gasteiger charge is 2.38. The molecule has 6 nitrogen and oxygen atoms in total. The SMILES string of the molecule is O=C1C(Cl)=C(Cl)C(=O)N1c1ccc(Cc2ccc(N3C(=O)C(Cl)=C(Cl)C3=O)cc2)cc1. The van der Waals surface area contributed by atoms with E-state index < -0.39 is 23.6 Å². The summed E-state index contributed by atoms with van der Waals surface area (Å²) in [6.45, 7) is 0. The third-order valence-electron chi connectivity index (χ3n) is 4.75. The fraction of sp³-hybridized carbons (Fsp3) is 0.0476. The van der Waals surface area contributed by atoms with E-state index in [0.29, 0.717) is 17.8 Å². The molecular weight excluding hydrogens is 486 g/mol. The Balaban J connectivity index is 1.47. The Labute approximate surface area is 196 Å². The van der Waals surface area contributed by atoms with Crippen LogP contribution in [0.2, 0.25) is 0 Å². The van der Waals surface area contributed by atoms with Crippen molar-refractivity contribution in [3.05, 3.63) is 79.8 Å². The van der Waals surface area contributed by atoms with E-state index in [1.54, 1.807) is 48.5 Å². The number of anilines is 2. The molecule has 0 bridgehead atoms. The van der Waals surface area contributed by atoms with Gasteiger partial charge in [-0.2, -0.15) is 0 Å². The predicted molar refractivity (Wildman–Crippen MR) is 118 cm³/mol. The molecule has 31 heavy (non-hydrogen) atoms. The van der Waals surface area contributed by atoms with Crippen molar-refractivity contribution in [1.29, 1.82) is 0 Å². The lowest BCUT2D eigenvalue weighted by molar-refractivity contribution is -0.121. The highest BCUT2D eigenvalue weighted by atomic mass is 35.5. The van der Waals surface area contributed by atoms with Crippen molar-refractivity contribution < 1.29 is 19.2 Å². The average molecular weight is 496 g/mol. The lowest BCUT2D eigenvalue weighted by Gasteiger charge is -2.15. The summed E-state index contributed by atoms with van der Waals surface area (Å²) in [6.07, 6.45) is 0.532. The smallest absolute Gasteiger partial charge is 0.267 e. The highest BCUT2D eigenvalue weighted by Crippen LogP contribution is 2.32. The van der Waals surface area contributed by atoms with E-state index in [0.717, 1.165) is 20.9 Å². The van der Waals surface area contributed by atoms with E-state index in [2.05, 4.69) is 0 Å². The van der Waals surface area contributed by atoms with Gasteiger partial charge in [0.05, 0.1) is 11.4 Å². The largest absolute Gasteiger partial charge is 0.278 e. The fourth-order valence-corrected chi connectivity index (χ4v) is 3.84. The third kappa shape index (κ3) is 3.66. The molecule has 2 heterocycles. The second-order valence-electron chi connectivity index (χ2n) is 6.66. The van der Waals surface area contributed by atoms with Crippen molar-refractivity contribution in [2.24, 2.45) is 0 Å². The van der Waals surface area contributed by atoms with Gasteiger partial charge >= 0.3 is 0 Å². The van der Waals surface area contributed by atoms with Crippen LogP contribution in [0.15, 0.2) is 68.7 Å². The Morgan fingerprint density at radius 2 is 0.742 bits per heavy atom. The molecule has 4 amide bonds. The number of imide groups is 2. The number of nitrogens with zero attached hydrogens (tertiary/aromatic N) is 2. The van der Waals surface area contributed by atoms with Gasteiger partial charge < -0.3 is 0 Å². The van der Waals surface area contributed by atoms with Crippen LogP contribution in [0.4, 0.5) is 11.4 Å². The minimum absolute atomic E-state index is 0.302. The summed E-state index contributed by atoms with van der Waals surface area (Å²) < 4.78 is 0. The Hall–Kier alpha value is -2.64. The van der Waals surface area contributed by atoms with Crippen molar-refractivity contribution in [1.82, 2.24) is 0 Å². The molecule has 2 aromatic rings. The summed E-state index contributed by atoms with van der Waals surface area (Å²) in [6, 6.07) is 13.5. The normalized spacial score (nSPS) is 17.0. The standard InChI is InChI=1S/C21H10Cl4N2O4/c22-14-15(23)19(29)26(18(14)28)12-5-1-10(2-6-12)9-11-3-7-13(8-4-11)27-20(30)16(24)17(25)21(27)31/h1-8H,9H2. The van der Waals surface area contributed by atoms with Crippen LogP contribution < -0.4 is 9.80 Å². The lowest BCUT2D eigenvalue weighted by atomic mass is 10.0. The molecular formula is C21H10Cl4N2O4. The minimum atomic E-state index is -0.666. The van der Waals surface area contributed by atoms with Gasteiger partial charge in [-0.25, -0.2) is 9.80 Å². The van der Waals surface area contributed by atoms with Crippen LogP contribution in [-0.4, -0.2) is 23.6 Å². The summed E-state index contributed by atoms with van der Waals surface area (Å²) in [5.74, 6) is -2.66. The molecule has 2 aliphatic rings. The summed E-state index contributed by atoms with van der Waals surface area (Å²) in [5, 5.41) is -1.21. The maximum absolute atomic E-state index is 12.1. The van der Waals surface area contributed by atoms with Crippen LogP contribution in [0.5, 0.6) is 0 Å². The number of halogens is 4. The van der Waals surface area contributed by atoms with Gasteiger partial charge in [0.25, 0.3) is 23.6 Å². The molecule has 0 fully saturated rings. The van der Waals surface area contributed by atoms with E-state index in [4.69, 9.17) is 46.4 Å². The van der Waals surface area contributed by atoms with Gasteiger partial charge in [-0.15, -0.1) is 0 Å². The Kier molecular flexibility index (Phi) is 5.66. The first-order valence-corrected chi connectivity index (χ1v) is 10.3. The van der Waals surface area contributed by atoms with Crippen molar-refractivity contribution in [3.8, 4) is 0 Å². The maximum Gasteiger partial charge on any atom is 0.278 e. The van der Waals surface area contributed by atoms with Crippen LogP contribution >= 0.6 is 46.4 Å². The predicted octanol–water partition coefficient (Wildman–Crippen LogP) is 4.40. The minimum Gasteiger partial charge on any atom is -0.267 e. The molecule has 10 heteroatoms. The van der Waals surface area contributed by atoms with Crippen molar-refractivity contribution in [3.63, 3.8) is 0 Å². The van der Waals surface area contributed by atoms with Gasteiger partial charge in [-0.05, 0) is 41.8 Å². The summed E-state index contributed by atoms with van der Waals surface area (Å²) >= 11 is 23.0. The monoisotopic (exact) mass is 494 g/mol. The molecule has 0 unspecified atom stereocenters. The molecule has 0 radical (unpaired) electrons. The lowest BCUT2D eigenvalue weighted by Crippen LogP contribution is -2.30. The molecule has 0 spiro atoms. The Bertz CT molecular complexity index is 1070. The van der Waals surface area contributed by atoms with Gasteiger partial charge in [0, 0.05) is 0 Å². The molecule has 0 saturated carbocycles. The van der Waals surface area contributed by atoms with E-state index in [-0.39, 0.29) is 20.1 Å². The molecule has 0 aliphatic carbocycles. The molecule has 0 saturated heterocycles. The highest BCUT2D eigenvalue weighted by molar-refractivity contribution is 6.63. The number of carbonyl (C=O) groups is 4. The maximum atomic E-state index is 12.1. The number of amides is 4. The summed E-state index contributed by atoms with van der Waals surface area (Å²) in [5.41, 5.74) is 2.52. The first-order chi connectivity index (χ1) is 14.7. The van der Waals surface area contributed by atoms with E-state index >= 15 is 0 Å². The molecule has 2 aromatic carbocycles. The van der Waals surface area contributed by atoms with Crippen LogP contribution in [0.3, 0.4) is 0 Å². The first kappa shape index (κ1) is 21.6. The first-order valence-electron chi connectivity index (χ1n) is 8.76. The number of benzene rings is 2. The Morgan fingerprint density at radius 1 is 0.484 bits per heavy atom. The van der Waals surface area contributed by atoms with E-state index in [1.807, 2.05) is 0 Å². The van der Waals surface area contributed by atoms with Gasteiger partial charge in [-0.3, -0.25) is 19.2 Å². The zero-order chi connectivity index (χ0) is 22.4. The van der Waals surface area contributed by atoms with Crippen LogP contribution in [-0.2, 0) is 25.6 Å². The van der Waals surface area contributed by atoms with E-state index in [1.165, 1.54) is 0 Å². The number of hydrogen-bond donors (Lipinski definition) is 0. The molecule has 0 aromatic heterocycles. The second kappa shape index (κ2) is 8.13. The third-order valence-corrected chi connectivity index (χ3v) is 6.34. The van der Waals surface area contributed by atoms with Crippen molar-refractivity contribution >= 4 is 81.4 Å². The van der Waals surface area contributed by atoms with Gasteiger partial charge in [0.15, 0.2) is 0 Å². The zero-order valence-corrected chi connectivity index (χ0v) is 18.4. The zero-order valence-electron chi connectivity index (χ0n) is 15.4. The summed E-state index contributed by atoms with van der Waals surface area (Å²) in [7, 11) is 0. The van der Waals surface area contributed by atoms with Gasteiger partial charge in [0.2, 0.25) is 0 Å². The van der Waals surface area contributed by atoms with Crippen molar-refractivity contribution in [2.45, 2.75) is 6.42 Å². The van der Waals surface area contributed by atoms with Gasteiger partial charge in [-0.1, -0.05) is 70.7 Å².